The van der Waals surface area contributed by atoms with Crippen LogP contribution in [0.25, 0.3) is 11.4 Å². The van der Waals surface area contributed by atoms with Crippen molar-refractivity contribution in [1.29, 1.82) is 0 Å². The van der Waals surface area contributed by atoms with Crippen molar-refractivity contribution in [3.05, 3.63) is 48.5 Å². The molecule has 0 amide bonds. The molecule has 0 aliphatic carbocycles. The van der Waals surface area contributed by atoms with E-state index in [0.29, 0.717) is 18.2 Å². The number of anilines is 2. The van der Waals surface area contributed by atoms with Crippen LogP contribution in [0.3, 0.4) is 0 Å². The zero-order valence-electron chi connectivity index (χ0n) is 17.6. The van der Waals surface area contributed by atoms with Crippen molar-refractivity contribution in [1.82, 2.24) is 24.2 Å². The van der Waals surface area contributed by atoms with E-state index in [2.05, 4.69) is 31.9 Å². The van der Waals surface area contributed by atoms with Gasteiger partial charge in [-0.05, 0) is 43.2 Å². The Kier molecular flexibility index (Phi) is 6.30. The number of nitrogens with one attached hydrogen (secondary N) is 2. The zero-order valence-corrected chi connectivity index (χ0v) is 18.4. The monoisotopic (exact) mass is 442 g/mol. The van der Waals surface area contributed by atoms with Gasteiger partial charge in [0.05, 0.1) is 28.6 Å². The van der Waals surface area contributed by atoms with Crippen LogP contribution in [-0.4, -0.2) is 47.2 Å². The van der Waals surface area contributed by atoms with E-state index in [1.54, 1.807) is 36.7 Å². The first kappa shape index (κ1) is 21.4. The van der Waals surface area contributed by atoms with Crippen LogP contribution >= 0.6 is 0 Å². The molecule has 0 saturated carbocycles. The first-order chi connectivity index (χ1) is 15.0. The number of benzene rings is 1. The van der Waals surface area contributed by atoms with Gasteiger partial charge in [0.1, 0.15) is 5.82 Å². The van der Waals surface area contributed by atoms with Gasteiger partial charge in [0.2, 0.25) is 16.0 Å². The minimum Gasteiger partial charge on any atom is -0.377 e. The highest BCUT2D eigenvalue weighted by molar-refractivity contribution is 7.89. The van der Waals surface area contributed by atoms with Crippen LogP contribution in [0, 0.1) is 0 Å². The molecule has 10 heteroatoms. The lowest BCUT2D eigenvalue weighted by molar-refractivity contribution is 0.114. The maximum Gasteiger partial charge on any atom is 0.240 e. The first-order valence-corrected chi connectivity index (χ1v) is 11.8. The van der Waals surface area contributed by atoms with Crippen LogP contribution in [0.15, 0.2) is 47.6 Å². The third-order valence-corrected chi connectivity index (χ3v) is 6.70. The quantitative estimate of drug-likeness (QED) is 0.552. The molecule has 1 aromatic carbocycles. The molecule has 1 fully saturated rings. The fourth-order valence-electron chi connectivity index (χ4n) is 3.51. The Hall–Kier alpha value is -2.82. The van der Waals surface area contributed by atoms with Crippen molar-refractivity contribution in [3.63, 3.8) is 0 Å². The van der Waals surface area contributed by atoms with E-state index in [-0.39, 0.29) is 17.5 Å². The molecule has 1 aliphatic rings. The van der Waals surface area contributed by atoms with Gasteiger partial charge in [0.25, 0.3) is 0 Å². The molecule has 0 radical (unpaired) electrons. The van der Waals surface area contributed by atoms with E-state index in [1.807, 2.05) is 17.7 Å². The van der Waals surface area contributed by atoms with Crippen molar-refractivity contribution in [2.24, 2.45) is 7.05 Å². The molecule has 3 heterocycles. The fraction of sp³-hybridized carbons (Fsp3) is 0.381. The Labute approximate surface area is 182 Å². The molecule has 1 unspecified atom stereocenters. The van der Waals surface area contributed by atoms with Gasteiger partial charge in [-0.3, -0.25) is 0 Å². The van der Waals surface area contributed by atoms with Gasteiger partial charge in [0.15, 0.2) is 0 Å². The van der Waals surface area contributed by atoms with E-state index < -0.39 is 10.0 Å². The molecule has 1 atom stereocenters. The number of hydrogen-bond acceptors (Lipinski definition) is 7. The van der Waals surface area contributed by atoms with Gasteiger partial charge in [0, 0.05) is 38.5 Å². The van der Waals surface area contributed by atoms with Gasteiger partial charge in [-0.15, -0.1) is 0 Å². The van der Waals surface area contributed by atoms with E-state index >= 15 is 0 Å². The predicted molar refractivity (Wildman–Crippen MR) is 117 cm³/mol. The summed E-state index contributed by atoms with van der Waals surface area (Å²) in [6.07, 6.45) is 6.11. The predicted octanol–water partition coefficient (Wildman–Crippen LogP) is 2.64. The molecule has 9 nitrogen and oxygen atoms in total. The SMILES string of the molecule is CCc1ncc(-c2ccnc(Nc3ccc(S(=O)(=O)NCC4CCCO4)cc3)n2)n1C. The van der Waals surface area contributed by atoms with Gasteiger partial charge >= 0.3 is 0 Å². The second kappa shape index (κ2) is 9.13. The van der Waals surface area contributed by atoms with Gasteiger partial charge in [-0.25, -0.2) is 28.1 Å². The van der Waals surface area contributed by atoms with Crippen LogP contribution in [0.1, 0.15) is 25.6 Å². The highest BCUT2D eigenvalue weighted by Crippen LogP contribution is 2.21. The minimum absolute atomic E-state index is 0.0482. The maximum atomic E-state index is 12.5. The summed E-state index contributed by atoms with van der Waals surface area (Å²) in [4.78, 5) is 13.4. The lowest BCUT2D eigenvalue weighted by atomic mass is 10.2. The molecular formula is C21H26N6O3S. The lowest BCUT2D eigenvalue weighted by Gasteiger charge is -2.12. The summed E-state index contributed by atoms with van der Waals surface area (Å²) in [6.45, 7) is 3.04. The zero-order chi connectivity index (χ0) is 21.8. The largest absolute Gasteiger partial charge is 0.377 e. The number of aryl methyl sites for hydroxylation is 1. The second-order valence-electron chi connectivity index (χ2n) is 7.37. The van der Waals surface area contributed by atoms with Crippen LogP contribution in [0.5, 0.6) is 0 Å². The number of imidazole rings is 1. The van der Waals surface area contributed by atoms with Crippen LogP contribution < -0.4 is 10.0 Å². The second-order valence-corrected chi connectivity index (χ2v) is 9.14. The number of nitrogens with zero attached hydrogens (tertiary/aromatic N) is 4. The van der Waals surface area contributed by atoms with Crippen LogP contribution in [0.4, 0.5) is 11.6 Å². The van der Waals surface area contributed by atoms with Crippen molar-refractivity contribution in [2.45, 2.75) is 37.2 Å². The maximum absolute atomic E-state index is 12.5. The average Bonchev–Trinajstić information content (AvgIpc) is 3.42. The van der Waals surface area contributed by atoms with E-state index in [0.717, 1.165) is 36.5 Å². The molecule has 3 aromatic rings. The number of ether oxygens (including phenoxy) is 1. The Morgan fingerprint density at radius 3 is 2.68 bits per heavy atom. The fourth-order valence-corrected chi connectivity index (χ4v) is 4.58. The van der Waals surface area contributed by atoms with Crippen molar-refractivity contribution < 1.29 is 13.2 Å². The number of rotatable bonds is 8. The summed E-state index contributed by atoms with van der Waals surface area (Å²) in [5.41, 5.74) is 2.35. The molecule has 2 N–H and O–H groups in total. The topological polar surface area (TPSA) is 111 Å². The molecule has 0 bridgehead atoms. The lowest BCUT2D eigenvalue weighted by Crippen LogP contribution is -2.31. The van der Waals surface area contributed by atoms with E-state index in [4.69, 9.17) is 4.74 Å². The molecule has 1 saturated heterocycles. The Morgan fingerprint density at radius 2 is 2.00 bits per heavy atom. The van der Waals surface area contributed by atoms with E-state index in [1.165, 1.54) is 0 Å². The minimum atomic E-state index is -3.58. The Bertz CT molecular complexity index is 1140. The molecule has 4 rings (SSSR count). The summed E-state index contributed by atoms with van der Waals surface area (Å²) in [5, 5.41) is 3.12. The summed E-state index contributed by atoms with van der Waals surface area (Å²) < 4.78 is 35.1. The summed E-state index contributed by atoms with van der Waals surface area (Å²) in [5.74, 6) is 1.40. The average molecular weight is 443 g/mol. The molecular weight excluding hydrogens is 416 g/mol. The van der Waals surface area contributed by atoms with E-state index in [9.17, 15) is 8.42 Å². The highest BCUT2D eigenvalue weighted by Gasteiger charge is 2.20. The number of sulfonamides is 1. The van der Waals surface area contributed by atoms with Crippen molar-refractivity contribution in [3.8, 4) is 11.4 Å². The molecule has 2 aromatic heterocycles. The highest BCUT2D eigenvalue weighted by atomic mass is 32.2. The van der Waals surface area contributed by atoms with Crippen molar-refractivity contribution in [2.75, 3.05) is 18.5 Å². The van der Waals surface area contributed by atoms with Crippen molar-refractivity contribution >= 4 is 21.7 Å². The normalized spacial score (nSPS) is 16.5. The van der Waals surface area contributed by atoms with Gasteiger partial charge < -0.3 is 14.6 Å². The standard InChI is InChI=1S/C21H26N6O3S/c1-3-20-23-14-19(27(20)2)18-10-11-22-21(26-18)25-15-6-8-17(9-7-15)31(28,29)24-13-16-5-4-12-30-16/h6-11,14,16,24H,3-5,12-13H2,1-2H3,(H,22,25,26). The van der Waals surface area contributed by atoms with Crippen LogP contribution in [-0.2, 0) is 28.2 Å². The summed E-state index contributed by atoms with van der Waals surface area (Å²) in [6, 6.07) is 8.32. The number of hydrogen-bond donors (Lipinski definition) is 2. The molecule has 0 spiro atoms. The molecule has 164 valence electrons. The first-order valence-electron chi connectivity index (χ1n) is 10.3. The number of aromatic nitrogens is 4. The summed E-state index contributed by atoms with van der Waals surface area (Å²) in [7, 11) is -1.62. The third-order valence-electron chi connectivity index (χ3n) is 5.26. The Balaban J connectivity index is 1.44. The van der Waals surface area contributed by atoms with Crippen LogP contribution in [0.2, 0.25) is 0 Å². The summed E-state index contributed by atoms with van der Waals surface area (Å²) >= 11 is 0. The molecule has 31 heavy (non-hydrogen) atoms. The molecule has 1 aliphatic heterocycles. The smallest absolute Gasteiger partial charge is 0.240 e. The van der Waals surface area contributed by atoms with Gasteiger partial charge in [-0.1, -0.05) is 6.92 Å². The van der Waals surface area contributed by atoms with Gasteiger partial charge in [-0.2, -0.15) is 0 Å². The Morgan fingerprint density at radius 1 is 1.19 bits per heavy atom. The third kappa shape index (κ3) is 4.92.